The van der Waals surface area contributed by atoms with Gasteiger partial charge >= 0.3 is 0 Å². The number of nitrogens with zero attached hydrogens (tertiary/aromatic N) is 20. The minimum atomic E-state index is 0.264. The molecule has 0 aliphatic carbocycles. The highest BCUT2D eigenvalue weighted by molar-refractivity contribution is 6.38. The maximum Gasteiger partial charge on any atom is 0.160 e. The number of amidine groups is 1. The zero-order valence-corrected chi connectivity index (χ0v) is 47.4. The summed E-state index contributed by atoms with van der Waals surface area (Å²) < 4.78 is 0. The van der Waals surface area contributed by atoms with E-state index in [1.807, 2.05) is 82.3 Å². The van der Waals surface area contributed by atoms with Gasteiger partial charge in [0.1, 0.15) is 63.4 Å². The van der Waals surface area contributed by atoms with Crippen molar-refractivity contribution in [1.29, 1.82) is 0 Å². The molecule has 0 bridgehead atoms. The zero-order chi connectivity index (χ0) is 54.4. The number of halogens is 7. The van der Waals surface area contributed by atoms with Crippen LogP contribution in [0.3, 0.4) is 0 Å². The summed E-state index contributed by atoms with van der Waals surface area (Å²) in [5.41, 5.74) is 19.0. The topological polar surface area (TPSA) is 285 Å². The van der Waals surface area contributed by atoms with Crippen LogP contribution in [-0.2, 0) is 0 Å². The molecular formula is C41H58Cl7N23. The fourth-order valence-corrected chi connectivity index (χ4v) is 6.11. The van der Waals surface area contributed by atoms with Crippen molar-refractivity contribution in [3.8, 4) is 0 Å². The first-order valence-electron chi connectivity index (χ1n) is 20.3. The maximum atomic E-state index is 5.93. The Morgan fingerprint density at radius 2 is 0.549 bits per heavy atom. The van der Waals surface area contributed by atoms with Gasteiger partial charge in [0.25, 0.3) is 0 Å². The highest BCUT2D eigenvalue weighted by Gasteiger charge is 2.12. The van der Waals surface area contributed by atoms with Crippen LogP contribution in [0.2, 0.25) is 36.1 Å². The van der Waals surface area contributed by atoms with E-state index in [-0.39, 0.29) is 36.1 Å². The molecule has 0 amide bonds. The largest absolute Gasteiger partial charge is 0.382 e. The zero-order valence-electron chi connectivity index (χ0n) is 42.1. The van der Waals surface area contributed by atoms with E-state index in [0.29, 0.717) is 75.0 Å². The quantitative estimate of drug-likeness (QED) is 0.0706. The highest BCUT2D eigenvalue weighted by Crippen LogP contribution is 2.32. The van der Waals surface area contributed by atoms with Gasteiger partial charge in [0.15, 0.2) is 53.5 Å². The molecule has 386 valence electrons. The Balaban J connectivity index is 0.000000444. The molecule has 0 unspecified atom stereocenters. The minimum Gasteiger partial charge on any atom is -0.382 e. The molecule has 0 fully saturated rings. The molecule has 0 saturated carbocycles. The Labute approximate surface area is 449 Å². The summed E-state index contributed by atoms with van der Waals surface area (Å²) in [7, 11) is 18.6. The van der Waals surface area contributed by atoms with Crippen molar-refractivity contribution in [3.05, 3.63) is 65.2 Å². The molecular weight excluding hydrogens is 1060 g/mol. The first-order chi connectivity index (χ1) is 32.9. The molecule has 5 aromatic rings. The molecule has 6 N–H and O–H groups in total. The summed E-state index contributed by atoms with van der Waals surface area (Å²) in [4.78, 5) is 69.1. The van der Waals surface area contributed by atoms with Crippen LogP contribution in [-0.4, -0.2) is 176 Å². The summed E-state index contributed by atoms with van der Waals surface area (Å²) in [5, 5.41) is 1.88. The number of aryl methyl sites for hydroxylation is 5. The number of anilines is 3. The molecule has 71 heavy (non-hydrogen) atoms. The Morgan fingerprint density at radius 3 is 0.761 bits per heavy atom. The smallest absolute Gasteiger partial charge is 0.160 e. The Bertz CT molecular complexity index is 2290. The van der Waals surface area contributed by atoms with E-state index < -0.39 is 0 Å². The Kier molecular flexibility index (Phi) is 27.4. The van der Waals surface area contributed by atoms with Crippen molar-refractivity contribution in [3.63, 3.8) is 0 Å². The number of nitrogens with two attached hydrogens (primary N) is 3. The van der Waals surface area contributed by atoms with Gasteiger partial charge in [0.05, 0.1) is 25.4 Å². The van der Waals surface area contributed by atoms with Gasteiger partial charge in [-0.15, -0.1) is 0 Å². The second-order valence-corrected chi connectivity index (χ2v) is 17.7. The van der Waals surface area contributed by atoms with Crippen LogP contribution in [0.15, 0.2) is 25.0 Å². The van der Waals surface area contributed by atoms with Gasteiger partial charge in [0.2, 0.25) is 0 Å². The van der Waals surface area contributed by atoms with Gasteiger partial charge in [-0.2, -0.15) is 0 Å². The Morgan fingerprint density at radius 1 is 0.352 bits per heavy atom. The molecule has 0 atom stereocenters. The molecule has 5 rings (SSSR count). The van der Waals surface area contributed by atoms with Gasteiger partial charge in [0, 0.05) is 70.5 Å². The van der Waals surface area contributed by atoms with E-state index in [2.05, 4.69) is 74.8 Å². The van der Waals surface area contributed by atoms with Crippen molar-refractivity contribution in [2.24, 2.45) is 25.0 Å². The number of hydrogen-bond acceptors (Lipinski definition) is 18. The Hall–Kier alpha value is -5.82. The van der Waals surface area contributed by atoms with E-state index in [1.54, 1.807) is 79.6 Å². The summed E-state index contributed by atoms with van der Waals surface area (Å²) >= 11 is 41.0. The van der Waals surface area contributed by atoms with Crippen LogP contribution in [0.5, 0.6) is 0 Å². The number of nitrogen functional groups attached to an aromatic ring is 3. The molecule has 0 spiro atoms. The van der Waals surface area contributed by atoms with Crippen LogP contribution in [0.25, 0.3) is 0 Å². The summed E-state index contributed by atoms with van der Waals surface area (Å²) in [6.07, 6.45) is 6.37. The molecule has 30 heteroatoms. The summed E-state index contributed by atoms with van der Waals surface area (Å²) in [5.74, 6) is 4.35. The van der Waals surface area contributed by atoms with Crippen LogP contribution >= 0.6 is 81.2 Å². The lowest BCUT2D eigenvalue weighted by Gasteiger charge is -2.12. The maximum absolute atomic E-state index is 5.93. The van der Waals surface area contributed by atoms with Crippen molar-refractivity contribution >= 4 is 158 Å². The number of hydrogen-bond donors (Lipinski definition) is 3. The molecule has 23 nitrogen and oxygen atoms in total. The van der Waals surface area contributed by atoms with Crippen LogP contribution in [0, 0.1) is 34.6 Å². The van der Waals surface area contributed by atoms with E-state index in [9.17, 15) is 0 Å². The first-order valence-corrected chi connectivity index (χ1v) is 22.9. The SMILES string of the molecule is CC(=Nc1c(N)nc(C)nc1Cl)N(C)C.Cc1nc(Cl)c(N=CN(C)C)c(Cl)n1.Cc1nc(Cl)c(N=CN(C)C)c(Cl)n1.Cc1nc(N)c(N=CN(C)C)c(Cl)n1.Cc1nc(N)c(N=CN(C)C)c(Cl)n1. The van der Waals surface area contributed by atoms with E-state index >= 15 is 0 Å². The first kappa shape index (κ1) is 63.2. The third-order valence-corrected chi connectivity index (χ3v) is 9.20. The number of rotatable bonds is 9. The summed E-state index contributed by atoms with van der Waals surface area (Å²) in [6.45, 7) is 10.5. The van der Waals surface area contributed by atoms with Crippen molar-refractivity contribution in [2.75, 3.05) is 87.7 Å². The predicted octanol–water partition coefficient (Wildman–Crippen LogP) is 8.74. The molecule has 0 aromatic carbocycles. The molecule has 0 saturated heterocycles. The monoisotopic (exact) mass is 1120 g/mol. The minimum absolute atomic E-state index is 0.264. The van der Waals surface area contributed by atoms with E-state index in [1.165, 1.54) is 0 Å². The normalized spacial score (nSPS) is 11.1. The molecule has 5 aromatic heterocycles. The van der Waals surface area contributed by atoms with Crippen LogP contribution in [0.4, 0.5) is 45.9 Å². The fraction of sp³-hybridized carbons (Fsp3) is 0.390. The van der Waals surface area contributed by atoms with E-state index in [4.69, 9.17) is 98.4 Å². The van der Waals surface area contributed by atoms with Crippen molar-refractivity contribution < 1.29 is 0 Å². The average molecular weight is 1120 g/mol. The van der Waals surface area contributed by atoms with Gasteiger partial charge in [-0.05, 0) is 41.5 Å². The second-order valence-electron chi connectivity index (χ2n) is 15.2. The van der Waals surface area contributed by atoms with Gasteiger partial charge in [-0.1, -0.05) is 81.2 Å². The lowest BCUT2D eigenvalue weighted by atomic mass is 10.4. The number of aromatic nitrogens is 10. The standard InChI is InChI=1S/C9H14ClN5.2C8H10Cl2N4.2C8H12ClN5/c1-5-12-8(10)7(9(11)13-5)14-6(2)15(3)4;4*1-5-12-7(9)6(8(10)13-5)11-4-14(2)3/h1-4H3,(H2,11,12,13);2*4H,1-3H3;2*4H,1-3H3,(H2,10,12,13). The van der Waals surface area contributed by atoms with Crippen LogP contribution < -0.4 is 17.2 Å². The van der Waals surface area contributed by atoms with E-state index in [0.717, 1.165) is 5.84 Å². The highest BCUT2D eigenvalue weighted by atomic mass is 35.5. The predicted molar refractivity (Wildman–Crippen MR) is 296 cm³/mol. The third-order valence-electron chi connectivity index (χ3n) is 7.35. The second kappa shape index (κ2) is 30.8. The average Bonchev–Trinajstić information content (AvgIpc) is 3.21. The molecule has 5 heterocycles. The summed E-state index contributed by atoms with van der Waals surface area (Å²) in [6, 6.07) is 0. The molecule has 0 aliphatic rings. The lowest BCUT2D eigenvalue weighted by molar-refractivity contribution is 0.619. The van der Waals surface area contributed by atoms with Crippen molar-refractivity contribution in [2.45, 2.75) is 41.5 Å². The lowest BCUT2D eigenvalue weighted by Crippen LogP contribution is -2.18. The van der Waals surface area contributed by atoms with Gasteiger partial charge in [-0.25, -0.2) is 74.8 Å². The van der Waals surface area contributed by atoms with Crippen LogP contribution in [0.1, 0.15) is 36.0 Å². The van der Waals surface area contributed by atoms with Gasteiger partial charge < -0.3 is 41.7 Å². The van der Waals surface area contributed by atoms with Gasteiger partial charge in [-0.3, -0.25) is 0 Å². The molecule has 0 radical (unpaired) electrons. The van der Waals surface area contributed by atoms with Crippen molar-refractivity contribution in [1.82, 2.24) is 74.3 Å². The fourth-order valence-electron chi connectivity index (χ4n) is 4.17. The molecule has 0 aliphatic heterocycles. The third kappa shape index (κ3) is 23.8. The number of aliphatic imine (C=N–C) groups is 5.